The van der Waals surface area contributed by atoms with E-state index in [2.05, 4.69) is 16.5 Å². The van der Waals surface area contributed by atoms with Crippen LogP contribution in [0.5, 0.6) is 0 Å². The first kappa shape index (κ1) is 9.99. The normalized spacial score (nSPS) is 20.9. The Morgan fingerprint density at radius 1 is 1.64 bits per heavy atom. The molecule has 1 atom stereocenters. The second-order valence-electron chi connectivity index (χ2n) is 4.05. The van der Waals surface area contributed by atoms with Crippen molar-refractivity contribution in [3.63, 3.8) is 0 Å². The highest BCUT2D eigenvalue weighted by Crippen LogP contribution is 2.27. The molecule has 0 bridgehead atoms. The van der Waals surface area contributed by atoms with Crippen molar-refractivity contribution in [2.75, 3.05) is 6.54 Å². The summed E-state index contributed by atoms with van der Waals surface area (Å²) in [5, 5.41) is 0.681. The number of aromatic nitrogens is 2. The van der Waals surface area contributed by atoms with Crippen LogP contribution in [0, 0.1) is 5.92 Å². The molecule has 0 radical (unpaired) electrons. The number of hydrogen-bond acceptors (Lipinski definition) is 2. The van der Waals surface area contributed by atoms with Crippen molar-refractivity contribution in [1.82, 2.24) is 9.55 Å². The Hall–Kier alpha value is -0.540. The lowest BCUT2D eigenvalue weighted by Gasteiger charge is -2.21. The van der Waals surface area contributed by atoms with Gasteiger partial charge in [-0.05, 0) is 25.3 Å². The Kier molecular flexibility index (Phi) is 2.79. The van der Waals surface area contributed by atoms with Gasteiger partial charge in [-0.15, -0.1) is 0 Å². The van der Waals surface area contributed by atoms with E-state index in [-0.39, 0.29) is 0 Å². The van der Waals surface area contributed by atoms with Crippen LogP contribution in [0.2, 0.25) is 5.15 Å². The maximum Gasteiger partial charge on any atom is 0.150 e. The van der Waals surface area contributed by atoms with Gasteiger partial charge in [-0.3, -0.25) is 0 Å². The first-order valence-corrected chi connectivity index (χ1v) is 5.54. The zero-order chi connectivity index (χ0) is 10.1. The molecular weight excluding hydrogens is 198 g/mol. The Labute approximate surface area is 89.3 Å². The second-order valence-corrected chi connectivity index (χ2v) is 4.41. The van der Waals surface area contributed by atoms with Gasteiger partial charge in [0.1, 0.15) is 5.82 Å². The number of nitrogens with zero attached hydrogens (tertiary/aromatic N) is 2. The summed E-state index contributed by atoms with van der Waals surface area (Å²) >= 11 is 6.09. The minimum atomic E-state index is 0.641. The van der Waals surface area contributed by atoms with Gasteiger partial charge in [-0.25, -0.2) is 4.98 Å². The van der Waals surface area contributed by atoms with Gasteiger partial charge in [0.25, 0.3) is 0 Å². The summed E-state index contributed by atoms with van der Waals surface area (Å²) < 4.78 is 2.25. The summed E-state index contributed by atoms with van der Waals surface area (Å²) in [4.78, 5) is 4.36. The van der Waals surface area contributed by atoms with Crippen LogP contribution in [-0.2, 0) is 19.4 Å². The van der Waals surface area contributed by atoms with Crippen LogP contribution in [0.25, 0.3) is 0 Å². The van der Waals surface area contributed by atoms with Crippen molar-refractivity contribution in [1.29, 1.82) is 0 Å². The van der Waals surface area contributed by atoms with E-state index in [0.29, 0.717) is 11.7 Å². The lowest BCUT2D eigenvalue weighted by atomic mass is 9.98. The Morgan fingerprint density at radius 3 is 3.14 bits per heavy atom. The quantitative estimate of drug-likeness (QED) is 0.812. The molecule has 0 aliphatic carbocycles. The van der Waals surface area contributed by atoms with E-state index in [9.17, 15) is 0 Å². The molecule has 3 nitrogen and oxygen atoms in total. The lowest BCUT2D eigenvalue weighted by Crippen LogP contribution is -2.19. The molecule has 78 valence electrons. The minimum Gasteiger partial charge on any atom is -0.331 e. The van der Waals surface area contributed by atoms with Crippen LogP contribution in [0.4, 0.5) is 0 Å². The van der Waals surface area contributed by atoms with Crippen LogP contribution in [0.15, 0.2) is 0 Å². The third-order valence-corrected chi connectivity index (χ3v) is 3.16. The number of rotatable bonds is 2. The van der Waals surface area contributed by atoms with Crippen LogP contribution in [0.1, 0.15) is 24.9 Å². The minimum absolute atomic E-state index is 0.641. The average molecular weight is 214 g/mol. The first-order chi connectivity index (χ1) is 6.72. The molecule has 1 aliphatic rings. The molecule has 0 fully saturated rings. The summed E-state index contributed by atoms with van der Waals surface area (Å²) in [5.74, 6) is 1.78. The predicted molar refractivity (Wildman–Crippen MR) is 57.5 cm³/mol. The van der Waals surface area contributed by atoms with E-state index in [1.54, 1.807) is 0 Å². The molecule has 2 rings (SSSR count). The van der Waals surface area contributed by atoms with Crippen LogP contribution >= 0.6 is 11.6 Å². The van der Waals surface area contributed by atoms with Gasteiger partial charge in [0.15, 0.2) is 5.15 Å². The fourth-order valence-electron chi connectivity index (χ4n) is 2.07. The van der Waals surface area contributed by atoms with Gasteiger partial charge in [0.05, 0.1) is 5.69 Å². The monoisotopic (exact) mass is 213 g/mol. The molecule has 2 N–H and O–H groups in total. The highest BCUT2D eigenvalue weighted by atomic mass is 35.5. The molecule has 1 aromatic heterocycles. The predicted octanol–water partition coefficient (Wildman–Crippen LogP) is 1.62. The Morgan fingerprint density at radius 2 is 2.43 bits per heavy atom. The fourth-order valence-corrected chi connectivity index (χ4v) is 2.34. The van der Waals surface area contributed by atoms with Gasteiger partial charge in [0, 0.05) is 13.0 Å². The van der Waals surface area contributed by atoms with Gasteiger partial charge in [-0.1, -0.05) is 18.5 Å². The molecular formula is C10H16ClN3. The summed E-state index contributed by atoms with van der Waals surface area (Å²) in [6, 6.07) is 0. The van der Waals surface area contributed by atoms with Crippen molar-refractivity contribution in [3.8, 4) is 0 Å². The van der Waals surface area contributed by atoms with Crippen LogP contribution in [0.3, 0.4) is 0 Å². The summed E-state index contributed by atoms with van der Waals surface area (Å²) in [5.41, 5.74) is 6.74. The SMILES string of the molecule is CC1CCn2c(CCN)nc(Cl)c2C1. The molecule has 1 aliphatic heterocycles. The van der Waals surface area contributed by atoms with E-state index in [0.717, 1.165) is 31.1 Å². The zero-order valence-electron chi connectivity index (χ0n) is 8.46. The average Bonchev–Trinajstić information content (AvgIpc) is 2.44. The zero-order valence-corrected chi connectivity index (χ0v) is 9.22. The maximum absolute atomic E-state index is 6.09. The van der Waals surface area contributed by atoms with Gasteiger partial charge in [0.2, 0.25) is 0 Å². The summed E-state index contributed by atoms with van der Waals surface area (Å²) in [7, 11) is 0. The van der Waals surface area contributed by atoms with Gasteiger partial charge in [-0.2, -0.15) is 0 Å². The summed E-state index contributed by atoms with van der Waals surface area (Å²) in [6.45, 7) is 3.95. The number of fused-ring (bicyclic) bond motifs is 1. The highest BCUT2D eigenvalue weighted by molar-refractivity contribution is 6.30. The van der Waals surface area contributed by atoms with E-state index in [4.69, 9.17) is 17.3 Å². The molecule has 1 aromatic rings. The topological polar surface area (TPSA) is 43.8 Å². The number of hydrogen-bond donors (Lipinski definition) is 1. The van der Waals surface area contributed by atoms with Crippen molar-refractivity contribution in [3.05, 3.63) is 16.7 Å². The molecule has 0 spiro atoms. The maximum atomic E-state index is 6.09. The largest absolute Gasteiger partial charge is 0.331 e. The molecule has 2 heterocycles. The fraction of sp³-hybridized carbons (Fsp3) is 0.700. The van der Waals surface area contributed by atoms with Crippen molar-refractivity contribution in [2.24, 2.45) is 11.7 Å². The van der Waals surface area contributed by atoms with E-state index >= 15 is 0 Å². The van der Waals surface area contributed by atoms with E-state index in [1.807, 2.05) is 0 Å². The third kappa shape index (κ3) is 1.66. The van der Waals surface area contributed by atoms with Crippen LogP contribution < -0.4 is 5.73 Å². The van der Waals surface area contributed by atoms with Gasteiger partial charge >= 0.3 is 0 Å². The standard InChI is InChI=1S/C10H16ClN3/c1-7-3-5-14-8(6-7)10(11)13-9(14)2-4-12/h7H,2-6,12H2,1H3. The van der Waals surface area contributed by atoms with E-state index in [1.165, 1.54) is 12.1 Å². The van der Waals surface area contributed by atoms with Crippen molar-refractivity contribution in [2.45, 2.75) is 32.7 Å². The number of imidazole rings is 1. The molecule has 1 unspecified atom stereocenters. The first-order valence-electron chi connectivity index (χ1n) is 5.16. The lowest BCUT2D eigenvalue weighted by molar-refractivity contribution is 0.409. The van der Waals surface area contributed by atoms with Gasteiger partial charge < -0.3 is 10.3 Å². The highest BCUT2D eigenvalue weighted by Gasteiger charge is 2.21. The second kappa shape index (κ2) is 3.91. The van der Waals surface area contributed by atoms with Crippen molar-refractivity contribution >= 4 is 11.6 Å². The molecule has 0 saturated carbocycles. The molecule has 0 amide bonds. The molecule has 14 heavy (non-hydrogen) atoms. The Balaban J connectivity index is 2.33. The smallest absolute Gasteiger partial charge is 0.150 e. The summed E-state index contributed by atoms with van der Waals surface area (Å²) in [6.07, 6.45) is 3.10. The Bertz CT molecular complexity index is 332. The van der Waals surface area contributed by atoms with Crippen LogP contribution in [-0.4, -0.2) is 16.1 Å². The number of nitrogens with two attached hydrogens (primary N) is 1. The number of halogens is 1. The van der Waals surface area contributed by atoms with Crippen molar-refractivity contribution < 1.29 is 0 Å². The molecule has 4 heteroatoms. The van der Waals surface area contributed by atoms with E-state index < -0.39 is 0 Å². The molecule has 0 aromatic carbocycles. The molecule has 0 saturated heterocycles. The third-order valence-electron chi connectivity index (χ3n) is 2.86.